The summed E-state index contributed by atoms with van der Waals surface area (Å²) in [5, 5.41) is 0. The highest BCUT2D eigenvalue weighted by Crippen LogP contribution is 2.27. The Labute approximate surface area is 99.9 Å². The van der Waals surface area contributed by atoms with Crippen molar-refractivity contribution >= 4 is 6.29 Å². The van der Waals surface area contributed by atoms with Gasteiger partial charge in [-0.25, -0.2) is 4.39 Å². The van der Waals surface area contributed by atoms with E-state index in [4.69, 9.17) is 0 Å². The molecule has 2 rings (SSSR count). The van der Waals surface area contributed by atoms with Gasteiger partial charge in [0.25, 0.3) is 0 Å². The van der Waals surface area contributed by atoms with Crippen molar-refractivity contribution in [3.63, 3.8) is 0 Å². The third-order valence-corrected chi connectivity index (χ3v) is 2.88. The van der Waals surface area contributed by atoms with E-state index in [1.807, 2.05) is 26.0 Å². The lowest BCUT2D eigenvalue weighted by molar-refractivity contribution is 0.112. The molecule has 2 aromatic carbocycles. The quantitative estimate of drug-likeness (QED) is 0.712. The molecule has 2 aromatic rings. The predicted octanol–water partition coefficient (Wildman–Crippen LogP) is 3.92. The summed E-state index contributed by atoms with van der Waals surface area (Å²) in [6.07, 6.45) is 0.815. The minimum absolute atomic E-state index is 0.246. The number of aldehydes is 1. The van der Waals surface area contributed by atoms with Crippen molar-refractivity contribution < 1.29 is 9.18 Å². The summed E-state index contributed by atoms with van der Waals surface area (Å²) >= 11 is 0. The minimum Gasteiger partial charge on any atom is -0.298 e. The van der Waals surface area contributed by atoms with Crippen LogP contribution in [0.3, 0.4) is 0 Å². The lowest BCUT2D eigenvalue weighted by atomic mass is 9.95. The van der Waals surface area contributed by atoms with E-state index < -0.39 is 0 Å². The number of halogens is 1. The second kappa shape index (κ2) is 4.50. The molecule has 0 atom stereocenters. The first kappa shape index (κ1) is 11.5. The third kappa shape index (κ3) is 2.26. The monoisotopic (exact) mass is 228 g/mol. The molecule has 0 aliphatic rings. The van der Waals surface area contributed by atoms with Crippen molar-refractivity contribution in [3.8, 4) is 11.1 Å². The van der Waals surface area contributed by atoms with Gasteiger partial charge in [-0.1, -0.05) is 18.2 Å². The van der Waals surface area contributed by atoms with Crippen LogP contribution in [0, 0.1) is 19.7 Å². The Kier molecular flexibility index (Phi) is 3.05. The first-order valence-electron chi connectivity index (χ1n) is 5.44. The van der Waals surface area contributed by atoms with Crippen LogP contribution < -0.4 is 0 Å². The van der Waals surface area contributed by atoms with Gasteiger partial charge in [-0.05, 0) is 54.3 Å². The van der Waals surface area contributed by atoms with Crippen LogP contribution in [0.5, 0.6) is 0 Å². The fourth-order valence-electron chi connectivity index (χ4n) is 1.95. The van der Waals surface area contributed by atoms with Crippen molar-refractivity contribution in [2.24, 2.45) is 0 Å². The van der Waals surface area contributed by atoms with Gasteiger partial charge >= 0.3 is 0 Å². The molecule has 0 bridgehead atoms. The van der Waals surface area contributed by atoms with Gasteiger partial charge in [-0.3, -0.25) is 4.79 Å². The molecule has 0 radical (unpaired) electrons. The number of rotatable bonds is 2. The Balaban J connectivity index is 2.60. The number of hydrogen-bond donors (Lipinski definition) is 0. The molecule has 0 unspecified atom stereocenters. The normalized spacial score (nSPS) is 10.3. The Morgan fingerprint density at radius 1 is 0.941 bits per heavy atom. The SMILES string of the molecule is Cc1cc(C=O)ccc1-c1cc(F)ccc1C. The van der Waals surface area contributed by atoms with E-state index in [-0.39, 0.29) is 5.82 Å². The second-order valence-corrected chi connectivity index (χ2v) is 4.15. The van der Waals surface area contributed by atoms with Crippen molar-refractivity contribution in [3.05, 3.63) is 58.9 Å². The lowest BCUT2D eigenvalue weighted by Gasteiger charge is -2.10. The maximum absolute atomic E-state index is 13.3. The van der Waals surface area contributed by atoms with Crippen LogP contribution in [-0.4, -0.2) is 6.29 Å². The van der Waals surface area contributed by atoms with Crippen LogP contribution in [0.2, 0.25) is 0 Å². The van der Waals surface area contributed by atoms with Gasteiger partial charge in [0.2, 0.25) is 0 Å². The first-order valence-corrected chi connectivity index (χ1v) is 5.44. The molecule has 17 heavy (non-hydrogen) atoms. The molecule has 0 saturated heterocycles. The van der Waals surface area contributed by atoms with Gasteiger partial charge in [-0.15, -0.1) is 0 Å². The maximum Gasteiger partial charge on any atom is 0.150 e. The van der Waals surface area contributed by atoms with E-state index >= 15 is 0 Å². The van der Waals surface area contributed by atoms with Crippen molar-refractivity contribution in [1.82, 2.24) is 0 Å². The van der Waals surface area contributed by atoms with Gasteiger partial charge in [0.05, 0.1) is 0 Å². The lowest BCUT2D eigenvalue weighted by Crippen LogP contribution is -1.90. The second-order valence-electron chi connectivity index (χ2n) is 4.15. The van der Waals surface area contributed by atoms with Crippen LogP contribution in [-0.2, 0) is 0 Å². The fraction of sp³-hybridized carbons (Fsp3) is 0.133. The standard InChI is InChI=1S/C15H13FO/c1-10-3-5-13(16)8-15(10)14-6-4-12(9-17)7-11(14)2/h3-9H,1-2H3. The van der Waals surface area contributed by atoms with E-state index in [1.54, 1.807) is 12.1 Å². The Bertz CT molecular complexity index is 573. The van der Waals surface area contributed by atoms with E-state index in [0.29, 0.717) is 5.56 Å². The minimum atomic E-state index is -0.246. The predicted molar refractivity (Wildman–Crippen MR) is 66.7 cm³/mol. The highest BCUT2D eigenvalue weighted by Gasteiger charge is 2.07. The highest BCUT2D eigenvalue weighted by atomic mass is 19.1. The molecular weight excluding hydrogens is 215 g/mol. The summed E-state index contributed by atoms with van der Waals surface area (Å²) in [6.45, 7) is 3.87. The molecule has 0 fully saturated rings. The van der Waals surface area contributed by atoms with Crippen LogP contribution in [0.1, 0.15) is 21.5 Å². The van der Waals surface area contributed by atoms with Crippen LogP contribution in [0.4, 0.5) is 4.39 Å². The maximum atomic E-state index is 13.3. The van der Waals surface area contributed by atoms with Crippen molar-refractivity contribution in [2.75, 3.05) is 0 Å². The molecular formula is C15H13FO. The van der Waals surface area contributed by atoms with Crippen molar-refractivity contribution in [2.45, 2.75) is 13.8 Å². The average molecular weight is 228 g/mol. The summed E-state index contributed by atoms with van der Waals surface area (Å²) in [4.78, 5) is 10.7. The van der Waals surface area contributed by atoms with Gasteiger partial charge < -0.3 is 0 Å². The van der Waals surface area contributed by atoms with E-state index in [2.05, 4.69) is 0 Å². The van der Waals surface area contributed by atoms with Gasteiger partial charge in [0.15, 0.2) is 0 Å². The summed E-state index contributed by atoms with van der Waals surface area (Å²) in [5.74, 6) is -0.246. The zero-order valence-corrected chi connectivity index (χ0v) is 9.83. The zero-order chi connectivity index (χ0) is 12.4. The number of aryl methyl sites for hydroxylation is 2. The van der Waals surface area contributed by atoms with E-state index in [9.17, 15) is 9.18 Å². The largest absolute Gasteiger partial charge is 0.298 e. The van der Waals surface area contributed by atoms with E-state index in [0.717, 1.165) is 28.5 Å². The van der Waals surface area contributed by atoms with Crippen LogP contribution in [0.25, 0.3) is 11.1 Å². The zero-order valence-electron chi connectivity index (χ0n) is 9.83. The Morgan fingerprint density at radius 2 is 1.71 bits per heavy atom. The van der Waals surface area contributed by atoms with Gasteiger partial charge in [0, 0.05) is 5.56 Å². The summed E-state index contributed by atoms with van der Waals surface area (Å²) in [7, 11) is 0. The molecule has 1 nitrogen and oxygen atoms in total. The third-order valence-electron chi connectivity index (χ3n) is 2.88. The van der Waals surface area contributed by atoms with Crippen molar-refractivity contribution in [1.29, 1.82) is 0 Å². The summed E-state index contributed by atoms with van der Waals surface area (Å²) in [5.41, 5.74) is 4.48. The van der Waals surface area contributed by atoms with E-state index in [1.165, 1.54) is 12.1 Å². The molecule has 0 spiro atoms. The molecule has 0 amide bonds. The molecule has 0 N–H and O–H groups in total. The number of carbonyl (C=O) groups is 1. The topological polar surface area (TPSA) is 17.1 Å². The Hall–Kier alpha value is -1.96. The molecule has 0 aromatic heterocycles. The number of hydrogen-bond acceptors (Lipinski definition) is 1. The molecule has 0 heterocycles. The number of carbonyl (C=O) groups excluding carboxylic acids is 1. The smallest absolute Gasteiger partial charge is 0.150 e. The van der Waals surface area contributed by atoms with Crippen LogP contribution in [0.15, 0.2) is 36.4 Å². The fourth-order valence-corrected chi connectivity index (χ4v) is 1.95. The van der Waals surface area contributed by atoms with Gasteiger partial charge in [-0.2, -0.15) is 0 Å². The van der Waals surface area contributed by atoms with Gasteiger partial charge in [0.1, 0.15) is 12.1 Å². The molecule has 0 aliphatic carbocycles. The first-order chi connectivity index (χ1) is 8.11. The molecule has 2 heteroatoms. The molecule has 0 aliphatic heterocycles. The summed E-state index contributed by atoms with van der Waals surface area (Å²) in [6, 6.07) is 10.2. The average Bonchev–Trinajstić information content (AvgIpc) is 2.32. The van der Waals surface area contributed by atoms with Crippen LogP contribution >= 0.6 is 0 Å². The Morgan fingerprint density at radius 3 is 2.35 bits per heavy atom. The molecule has 86 valence electrons. The highest BCUT2D eigenvalue weighted by molar-refractivity contribution is 5.79. The molecule has 0 saturated carbocycles. The number of benzene rings is 2. The summed E-state index contributed by atoms with van der Waals surface area (Å²) < 4.78 is 13.3.